The van der Waals surface area contributed by atoms with E-state index in [2.05, 4.69) is 20.5 Å². The molecule has 0 fully saturated rings. The molecule has 1 amide bonds. The number of ether oxygens (including phenoxy) is 3. The van der Waals surface area contributed by atoms with Gasteiger partial charge >= 0.3 is 0 Å². The van der Waals surface area contributed by atoms with Gasteiger partial charge in [-0.25, -0.2) is 0 Å². The number of carbonyl (C=O) groups excluding carboxylic acids is 1. The van der Waals surface area contributed by atoms with Gasteiger partial charge in [-0.15, -0.1) is 10.2 Å². The summed E-state index contributed by atoms with van der Waals surface area (Å²) in [7, 11) is 1.63. The average molecular weight is 514 g/mol. The zero-order valence-electron chi connectivity index (χ0n) is 19.9. The molecule has 0 atom stereocenters. The molecule has 5 aromatic rings. The number of nitrogens with zero attached hydrogens (tertiary/aromatic N) is 3. The fraction of sp³-hybridized carbons (Fsp3) is 0.148. The van der Waals surface area contributed by atoms with Gasteiger partial charge in [0.1, 0.15) is 19.0 Å². The number of nitrogens with one attached hydrogen (secondary N) is 2. The van der Waals surface area contributed by atoms with Crippen molar-refractivity contribution in [1.29, 1.82) is 0 Å². The van der Waals surface area contributed by atoms with Gasteiger partial charge in [0.25, 0.3) is 0 Å². The third-order valence-electron chi connectivity index (χ3n) is 5.95. The van der Waals surface area contributed by atoms with E-state index in [-0.39, 0.29) is 11.7 Å². The maximum absolute atomic E-state index is 12.8. The highest BCUT2D eigenvalue weighted by Crippen LogP contribution is 2.34. The molecule has 0 bridgehead atoms. The van der Waals surface area contributed by atoms with Crippen molar-refractivity contribution in [3.8, 4) is 34.3 Å². The van der Waals surface area contributed by atoms with Crippen LogP contribution in [0.2, 0.25) is 0 Å². The number of aromatic nitrogens is 4. The van der Waals surface area contributed by atoms with Crippen LogP contribution in [0.5, 0.6) is 17.2 Å². The summed E-state index contributed by atoms with van der Waals surface area (Å²) in [4.78, 5) is 16.1. The zero-order valence-corrected chi connectivity index (χ0v) is 20.7. The SMILES string of the molecule is COc1ccc(-n2c(SCC(=O)Nc3ccc4c(c3)OCCO4)nnc2-c2c[nH]c3ccccc23)cc1. The predicted octanol–water partition coefficient (Wildman–Crippen LogP) is 4.93. The van der Waals surface area contributed by atoms with Crippen LogP contribution in [-0.2, 0) is 4.79 Å². The summed E-state index contributed by atoms with van der Waals surface area (Å²) in [5, 5.41) is 13.5. The second-order valence-corrected chi connectivity index (χ2v) is 9.23. The molecule has 9 nitrogen and oxygen atoms in total. The first-order valence-electron chi connectivity index (χ1n) is 11.7. The molecule has 186 valence electrons. The third kappa shape index (κ3) is 4.58. The van der Waals surface area contributed by atoms with E-state index in [4.69, 9.17) is 14.2 Å². The van der Waals surface area contributed by atoms with Gasteiger partial charge < -0.3 is 24.5 Å². The molecule has 6 rings (SSSR count). The second-order valence-electron chi connectivity index (χ2n) is 8.28. The third-order valence-corrected chi connectivity index (χ3v) is 6.88. The van der Waals surface area contributed by atoms with E-state index in [1.165, 1.54) is 11.8 Å². The maximum atomic E-state index is 12.8. The minimum atomic E-state index is -0.167. The average Bonchev–Trinajstić information content (AvgIpc) is 3.56. The van der Waals surface area contributed by atoms with E-state index < -0.39 is 0 Å². The summed E-state index contributed by atoms with van der Waals surface area (Å²) >= 11 is 1.31. The van der Waals surface area contributed by atoms with Crippen molar-refractivity contribution in [2.45, 2.75) is 5.16 Å². The molecule has 0 saturated carbocycles. The molecule has 2 aromatic heterocycles. The van der Waals surface area contributed by atoms with Crippen molar-refractivity contribution in [2.75, 3.05) is 31.4 Å². The van der Waals surface area contributed by atoms with Gasteiger partial charge in [-0.1, -0.05) is 30.0 Å². The number of para-hydroxylation sites is 1. The molecular weight excluding hydrogens is 490 g/mol. The number of fused-ring (bicyclic) bond motifs is 2. The summed E-state index contributed by atoms with van der Waals surface area (Å²) in [5.74, 6) is 2.71. The van der Waals surface area contributed by atoms with Gasteiger partial charge in [0.15, 0.2) is 22.5 Å². The Hall–Kier alpha value is -4.44. The summed E-state index contributed by atoms with van der Waals surface area (Å²) in [5.41, 5.74) is 3.44. The number of carbonyl (C=O) groups is 1. The number of thioether (sulfide) groups is 1. The van der Waals surface area contributed by atoms with Crippen molar-refractivity contribution in [3.05, 3.63) is 72.9 Å². The van der Waals surface area contributed by atoms with Crippen molar-refractivity contribution in [1.82, 2.24) is 19.7 Å². The van der Waals surface area contributed by atoms with Gasteiger partial charge in [0, 0.05) is 40.1 Å². The predicted molar refractivity (Wildman–Crippen MR) is 142 cm³/mol. The normalized spacial score (nSPS) is 12.5. The number of hydrogen-bond acceptors (Lipinski definition) is 7. The van der Waals surface area contributed by atoms with Crippen LogP contribution in [0.3, 0.4) is 0 Å². The topological polar surface area (TPSA) is 103 Å². The van der Waals surface area contributed by atoms with Crippen LogP contribution in [0.1, 0.15) is 0 Å². The number of hydrogen-bond donors (Lipinski definition) is 2. The van der Waals surface area contributed by atoms with Crippen LogP contribution in [0.25, 0.3) is 28.0 Å². The Morgan fingerprint density at radius 1 is 1.05 bits per heavy atom. The smallest absolute Gasteiger partial charge is 0.234 e. The number of aromatic amines is 1. The first kappa shape index (κ1) is 23.0. The fourth-order valence-electron chi connectivity index (χ4n) is 4.21. The summed E-state index contributed by atoms with van der Waals surface area (Å²) in [6.07, 6.45) is 1.93. The number of amides is 1. The standard InChI is InChI=1S/C27H23N5O4S/c1-34-19-9-7-18(8-10-19)32-26(21-15-28-22-5-3-2-4-20(21)22)30-31-27(32)37-16-25(33)29-17-6-11-23-24(14-17)36-13-12-35-23/h2-11,14-15,28H,12-13,16H2,1H3,(H,29,33). The maximum Gasteiger partial charge on any atom is 0.234 e. The largest absolute Gasteiger partial charge is 0.497 e. The Kier molecular flexibility index (Phi) is 6.15. The number of rotatable bonds is 7. The summed E-state index contributed by atoms with van der Waals surface area (Å²) in [6.45, 7) is 1.00. The van der Waals surface area contributed by atoms with Gasteiger partial charge in [0.05, 0.1) is 12.9 Å². The van der Waals surface area contributed by atoms with Gasteiger partial charge in [0.2, 0.25) is 5.91 Å². The quantitative estimate of drug-likeness (QED) is 0.298. The minimum Gasteiger partial charge on any atom is -0.497 e. The fourth-order valence-corrected chi connectivity index (χ4v) is 4.96. The number of H-pyrrole nitrogens is 1. The van der Waals surface area contributed by atoms with Crippen LogP contribution in [0.4, 0.5) is 5.69 Å². The molecule has 3 heterocycles. The van der Waals surface area contributed by atoms with Crippen LogP contribution in [0, 0.1) is 0 Å². The number of methoxy groups -OCH3 is 1. The Balaban J connectivity index is 1.28. The molecule has 37 heavy (non-hydrogen) atoms. The van der Waals surface area contributed by atoms with E-state index in [0.717, 1.165) is 27.9 Å². The lowest BCUT2D eigenvalue weighted by molar-refractivity contribution is -0.113. The molecule has 0 unspecified atom stereocenters. The van der Waals surface area contributed by atoms with Crippen molar-refractivity contribution in [3.63, 3.8) is 0 Å². The Morgan fingerprint density at radius 2 is 1.86 bits per heavy atom. The molecular formula is C27H23N5O4S. The van der Waals surface area contributed by atoms with Crippen LogP contribution < -0.4 is 19.5 Å². The molecule has 1 aliphatic rings. The Morgan fingerprint density at radius 3 is 2.70 bits per heavy atom. The van der Waals surface area contributed by atoms with E-state index >= 15 is 0 Å². The first-order valence-corrected chi connectivity index (χ1v) is 12.7. The van der Waals surface area contributed by atoms with E-state index in [1.54, 1.807) is 25.3 Å². The van der Waals surface area contributed by atoms with Crippen LogP contribution in [0.15, 0.2) is 78.1 Å². The number of benzene rings is 3. The minimum absolute atomic E-state index is 0.149. The van der Waals surface area contributed by atoms with Crippen LogP contribution >= 0.6 is 11.8 Å². The monoisotopic (exact) mass is 513 g/mol. The molecule has 0 saturated heterocycles. The van der Waals surface area contributed by atoms with Crippen molar-refractivity contribution in [2.24, 2.45) is 0 Å². The molecule has 0 aliphatic carbocycles. The van der Waals surface area contributed by atoms with Gasteiger partial charge in [-0.3, -0.25) is 9.36 Å². The Bertz CT molecular complexity index is 1580. The van der Waals surface area contributed by atoms with Gasteiger partial charge in [-0.05, 0) is 42.5 Å². The lowest BCUT2D eigenvalue weighted by Crippen LogP contribution is -2.17. The van der Waals surface area contributed by atoms with Gasteiger partial charge in [-0.2, -0.15) is 0 Å². The van der Waals surface area contributed by atoms with E-state index in [9.17, 15) is 4.79 Å². The molecule has 0 radical (unpaired) electrons. The van der Waals surface area contributed by atoms with Crippen molar-refractivity contribution >= 4 is 34.3 Å². The van der Waals surface area contributed by atoms with E-state index in [0.29, 0.717) is 41.4 Å². The molecule has 2 N–H and O–H groups in total. The highest BCUT2D eigenvalue weighted by molar-refractivity contribution is 7.99. The zero-order chi connectivity index (χ0) is 25.2. The molecule has 1 aliphatic heterocycles. The highest BCUT2D eigenvalue weighted by atomic mass is 32.2. The lowest BCUT2D eigenvalue weighted by Gasteiger charge is -2.19. The summed E-state index contributed by atoms with van der Waals surface area (Å²) < 4.78 is 18.4. The second kappa shape index (κ2) is 9.90. The molecule has 10 heteroatoms. The summed E-state index contributed by atoms with van der Waals surface area (Å²) in [6, 6.07) is 21.1. The highest BCUT2D eigenvalue weighted by Gasteiger charge is 2.20. The number of anilines is 1. The molecule has 3 aromatic carbocycles. The van der Waals surface area contributed by atoms with Crippen molar-refractivity contribution < 1.29 is 19.0 Å². The van der Waals surface area contributed by atoms with E-state index in [1.807, 2.05) is 59.3 Å². The molecule has 0 spiro atoms. The van der Waals surface area contributed by atoms with Crippen LogP contribution in [-0.4, -0.2) is 51.7 Å². The first-order chi connectivity index (χ1) is 18.2. The lowest BCUT2D eigenvalue weighted by atomic mass is 10.1. The Labute approximate surface area is 216 Å².